The van der Waals surface area contributed by atoms with Gasteiger partial charge in [-0.25, -0.2) is 13.4 Å². The molecule has 0 saturated heterocycles. The van der Waals surface area contributed by atoms with Crippen LogP contribution in [0.5, 0.6) is 5.75 Å². The average molecular weight is 399 g/mol. The molecule has 0 aromatic heterocycles. The Kier molecular flexibility index (Phi) is 9.63. The van der Waals surface area contributed by atoms with Crippen molar-refractivity contribution in [3.05, 3.63) is 24.3 Å². The van der Waals surface area contributed by atoms with Crippen LogP contribution in [0.3, 0.4) is 0 Å². The summed E-state index contributed by atoms with van der Waals surface area (Å²) in [5, 5.41) is 9.02. The fourth-order valence-corrected chi connectivity index (χ4v) is 2.99. The smallest absolute Gasteiger partial charge is 0.221 e. The van der Waals surface area contributed by atoms with Crippen LogP contribution in [0, 0.1) is 0 Å². The lowest BCUT2D eigenvalue weighted by Gasteiger charge is -2.17. The van der Waals surface area contributed by atoms with Crippen LogP contribution < -0.4 is 20.7 Å². The molecular weight excluding hydrogens is 368 g/mol. The van der Waals surface area contributed by atoms with Crippen molar-refractivity contribution in [3.8, 4) is 5.75 Å². The molecular formula is C18H30N4O4S. The van der Waals surface area contributed by atoms with Gasteiger partial charge in [0.15, 0.2) is 5.96 Å². The highest BCUT2D eigenvalue weighted by Gasteiger charge is 2.09. The maximum Gasteiger partial charge on any atom is 0.221 e. The number of ether oxygens (including phenoxy) is 1. The number of hydrogen-bond donors (Lipinski definition) is 3. The summed E-state index contributed by atoms with van der Waals surface area (Å²) >= 11 is 0. The fraction of sp³-hybridized carbons (Fsp3) is 0.556. The van der Waals surface area contributed by atoms with Gasteiger partial charge < -0.3 is 20.7 Å². The maximum absolute atomic E-state index is 11.3. The Morgan fingerprint density at radius 2 is 2.07 bits per heavy atom. The molecule has 1 atom stereocenters. The van der Waals surface area contributed by atoms with E-state index in [9.17, 15) is 13.2 Å². The van der Waals surface area contributed by atoms with E-state index in [0.29, 0.717) is 43.5 Å². The Balaban J connectivity index is 2.50. The van der Waals surface area contributed by atoms with Crippen LogP contribution in [0.25, 0.3) is 0 Å². The Hall–Kier alpha value is -2.29. The van der Waals surface area contributed by atoms with Gasteiger partial charge in [0.05, 0.1) is 12.3 Å². The lowest BCUT2D eigenvalue weighted by molar-refractivity contribution is -0.114. The Morgan fingerprint density at radius 1 is 1.33 bits per heavy atom. The normalized spacial score (nSPS) is 13.0. The van der Waals surface area contributed by atoms with Crippen molar-refractivity contribution in [2.24, 2.45) is 4.99 Å². The average Bonchev–Trinajstić information content (AvgIpc) is 2.56. The molecule has 0 aliphatic rings. The third kappa shape index (κ3) is 11.1. The highest BCUT2D eigenvalue weighted by Crippen LogP contribution is 2.17. The second-order valence-electron chi connectivity index (χ2n) is 6.28. The first-order valence-corrected chi connectivity index (χ1v) is 11.0. The van der Waals surface area contributed by atoms with E-state index < -0.39 is 9.84 Å². The van der Waals surface area contributed by atoms with Crippen LogP contribution in [-0.2, 0) is 14.6 Å². The zero-order valence-electron chi connectivity index (χ0n) is 16.4. The number of guanidine groups is 1. The Bertz CT molecular complexity index is 735. The van der Waals surface area contributed by atoms with Gasteiger partial charge in [-0.3, -0.25) is 4.79 Å². The molecule has 3 N–H and O–H groups in total. The molecule has 1 rings (SSSR count). The molecule has 0 radical (unpaired) electrons. The first-order valence-electron chi connectivity index (χ1n) is 8.92. The molecule has 0 aliphatic heterocycles. The topological polar surface area (TPSA) is 109 Å². The Labute approximate surface area is 161 Å². The van der Waals surface area contributed by atoms with Crippen molar-refractivity contribution in [1.29, 1.82) is 0 Å². The summed E-state index contributed by atoms with van der Waals surface area (Å²) in [5.74, 6) is 1.27. The van der Waals surface area contributed by atoms with E-state index in [0.717, 1.165) is 0 Å². The lowest BCUT2D eigenvalue weighted by Crippen LogP contribution is -2.43. The molecule has 8 nitrogen and oxygen atoms in total. The number of aliphatic imine (C=N–C) groups is 1. The highest BCUT2D eigenvalue weighted by molar-refractivity contribution is 7.90. The molecule has 0 bridgehead atoms. The number of carbonyl (C=O) groups is 1. The molecule has 0 fully saturated rings. The van der Waals surface area contributed by atoms with E-state index in [4.69, 9.17) is 4.74 Å². The molecule has 27 heavy (non-hydrogen) atoms. The van der Waals surface area contributed by atoms with Crippen molar-refractivity contribution in [1.82, 2.24) is 10.6 Å². The number of nitrogens with one attached hydrogen (secondary N) is 3. The van der Waals surface area contributed by atoms with Crippen molar-refractivity contribution in [2.75, 3.05) is 37.0 Å². The van der Waals surface area contributed by atoms with Gasteiger partial charge in [0.1, 0.15) is 22.2 Å². The number of rotatable bonds is 10. The summed E-state index contributed by atoms with van der Waals surface area (Å²) in [7, 11) is -2.98. The van der Waals surface area contributed by atoms with E-state index in [-0.39, 0.29) is 17.7 Å². The van der Waals surface area contributed by atoms with Crippen LogP contribution in [0.15, 0.2) is 29.3 Å². The SMILES string of the molecule is CCNC(=NCCOc1cccc(NC(C)=O)c1)NC(C)CCS(C)(=O)=O. The van der Waals surface area contributed by atoms with Crippen molar-refractivity contribution in [2.45, 2.75) is 33.2 Å². The van der Waals surface area contributed by atoms with Gasteiger partial charge >= 0.3 is 0 Å². The molecule has 1 unspecified atom stereocenters. The molecule has 1 amide bonds. The molecule has 1 aromatic rings. The first-order chi connectivity index (χ1) is 12.7. The summed E-state index contributed by atoms with van der Waals surface area (Å²) in [6.07, 6.45) is 1.74. The number of amides is 1. The van der Waals surface area contributed by atoms with Gasteiger partial charge in [0.2, 0.25) is 5.91 Å². The molecule has 1 aromatic carbocycles. The van der Waals surface area contributed by atoms with Gasteiger partial charge in [-0.1, -0.05) is 6.07 Å². The third-order valence-electron chi connectivity index (χ3n) is 3.43. The minimum atomic E-state index is -2.98. The van der Waals surface area contributed by atoms with E-state index in [2.05, 4.69) is 20.9 Å². The van der Waals surface area contributed by atoms with Gasteiger partial charge in [-0.15, -0.1) is 0 Å². The number of benzene rings is 1. The number of carbonyl (C=O) groups excluding carboxylic acids is 1. The molecule has 0 spiro atoms. The minimum Gasteiger partial charge on any atom is -0.492 e. The third-order valence-corrected chi connectivity index (χ3v) is 4.41. The predicted octanol–water partition coefficient (Wildman–Crippen LogP) is 1.40. The molecule has 9 heteroatoms. The summed E-state index contributed by atoms with van der Waals surface area (Å²) in [6.45, 7) is 6.83. The maximum atomic E-state index is 11.3. The molecule has 0 saturated carbocycles. The fourth-order valence-electron chi connectivity index (χ4n) is 2.20. The van der Waals surface area contributed by atoms with Gasteiger partial charge in [-0.05, 0) is 32.4 Å². The summed E-state index contributed by atoms with van der Waals surface area (Å²) in [5.41, 5.74) is 0.679. The predicted molar refractivity (Wildman–Crippen MR) is 109 cm³/mol. The number of hydrogen-bond acceptors (Lipinski definition) is 5. The second kappa shape index (κ2) is 11.4. The van der Waals surface area contributed by atoms with Crippen LogP contribution in [0.4, 0.5) is 5.69 Å². The van der Waals surface area contributed by atoms with Gasteiger partial charge in [0, 0.05) is 37.5 Å². The van der Waals surface area contributed by atoms with Crippen molar-refractivity contribution < 1.29 is 17.9 Å². The van der Waals surface area contributed by atoms with E-state index in [1.807, 2.05) is 19.9 Å². The van der Waals surface area contributed by atoms with Crippen molar-refractivity contribution in [3.63, 3.8) is 0 Å². The van der Waals surface area contributed by atoms with E-state index in [1.54, 1.807) is 18.2 Å². The van der Waals surface area contributed by atoms with Crippen LogP contribution in [-0.4, -0.2) is 58.0 Å². The largest absolute Gasteiger partial charge is 0.492 e. The lowest BCUT2D eigenvalue weighted by atomic mass is 10.3. The highest BCUT2D eigenvalue weighted by atomic mass is 32.2. The van der Waals surface area contributed by atoms with E-state index in [1.165, 1.54) is 13.2 Å². The van der Waals surface area contributed by atoms with Crippen LogP contribution in [0.2, 0.25) is 0 Å². The van der Waals surface area contributed by atoms with Crippen LogP contribution >= 0.6 is 0 Å². The van der Waals surface area contributed by atoms with Gasteiger partial charge in [-0.2, -0.15) is 0 Å². The number of nitrogens with zero attached hydrogens (tertiary/aromatic N) is 1. The van der Waals surface area contributed by atoms with Crippen molar-refractivity contribution >= 4 is 27.4 Å². The second-order valence-corrected chi connectivity index (χ2v) is 8.54. The summed E-state index contributed by atoms with van der Waals surface area (Å²) in [6, 6.07) is 7.14. The summed E-state index contributed by atoms with van der Waals surface area (Å²) in [4.78, 5) is 15.5. The molecule has 0 aliphatic carbocycles. The monoisotopic (exact) mass is 398 g/mol. The number of sulfone groups is 1. The first kappa shape index (κ1) is 22.8. The van der Waals surface area contributed by atoms with Gasteiger partial charge in [0.25, 0.3) is 0 Å². The number of anilines is 1. The van der Waals surface area contributed by atoms with Crippen LogP contribution in [0.1, 0.15) is 27.2 Å². The standard InChI is InChI=1S/C18H30N4O4S/c1-5-19-18(21-14(2)9-12-27(4,24)25)20-10-11-26-17-8-6-7-16(13-17)22-15(3)23/h6-8,13-14H,5,9-12H2,1-4H3,(H,22,23)(H2,19,20,21). The molecule has 0 heterocycles. The zero-order chi connectivity index (χ0) is 20.3. The summed E-state index contributed by atoms with van der Waals surface area (Å²) < 4.78 is 28.2. The van der Waals surface area contributed by atoms with E-state index >= 15 is 0 Å². The quantitative estimate of drug-likeness (QED) is 0.312. The zero-order valence-corrected chi connectivity index (χ0v) is 17.2. The minimum absolute atomic E-state index is 0.0206. The molecule has 152 valence electrons. The Morgan fingerprint density at radius 3 is 2.70 bits per heavy atom.